The van der Waals surface area contributed by atoms with E-state index in [1.807, 2.05) is 6.07 Å². The molecule has 1 atom stereocenters. The first-order chi connectivity index (χ1) is 8.71. The van der Waals surface area contributed by atoms with E-state index in [0.717, 1.165) is 5.56 Å². The van der Waals surface area contributed by atoms with Crippen LogP contribution in [0.15, 0.2) is 12.1 Å². The lowest BCUT2D eigenvalue weighted by molar-refractivity contribution is 0.274. The predicted octanol–water partition coefficient (Wildman–Crippen LogP) is 1.14. The summed E-state index contributed by atoms with van der Waals surface area (Å²) in [5.74, 6) is 1.96. The van der Waals surface area contributed by atoms with E-state index in [1.165, 1.54) is 0 Å². The van der Waals surface area contributed by atoms with Crippen LogP contribution < -0.4 is 19.9 Å². The summed E-state index contributed by atoms with van der Waals surface area (Å²) in [4.78, 5) is 0. The molecule has 0 spiro atoms. The fourth-order valence-corrected chi connectivity index (χ4v) is 1.93. The molecule has 1 aromatic rings. The third kappa shape index (κ3) is 3.05. The number of rotatable bonds is 7. The van der Waals surface area contributed by atoms with Gasteiger partial charge in [-0.25, -0.2) is 0 Å². The van der Waals surface area contributed by atoms with Crippen molar-refractivity contribution in [3.63, 3.8) is 0 Å². The van der Waals surface area contributed by atoms with Gasteiger partial charge in [0.15, 0.2) is 11.5 Å². The number of benzene rings is 1. The Morgan fingerprint density at radius 1 is 1.06 bits per heavy atom. The summed E-state index contributed by atoms with van der Waals surface area (Å²) >= 11 is 0. The van der Waals surface area contributed by atoms with Crippen molar-refractivity contribution in [1.82, 2.24) is 0 Å². The molecule has 0 fully saturated rings. The minimum atomic E-state index is 0.0322. The van der Waals surface area contributed by atoms with Gasteiger partial charge in [0.2, 0.25) is 0 Å². The van der Waals surface area contributed by atoms with Crippen LogP contribution >= 0.6 is 0 Å². The van der Waals surface area contributed by atoms with Gasteiger partial charge < -0.3 is 25.1 Å². The molecule has 0 aliphatic rings. The van der Waals surface area contributed by atoms with Crippen LogP contribution in [-0.4, -0.2) is 39.6 Å². The lowest BCUT2D eigenvalue weighted by atomic mass is 9.94. The molecule has 1 unspecified atom stereocenters. The van der Waals surface area contributed by atoms with Crippen molar-refractivity contribution in [3.05, 3.63) is 17.7 Å². The Balaban J connectivity index is 3.23. The van der Waals surface area contributed by atoms with Crippen LogP contribution in [0.4, 0.5) is 0 Å². The number of aliphatic hydroxyl groups excluding tert-OH is 1. The molecule has 0 aliphatic carbocycles. The van der Waals surface area contributed by atoms with Gasteiger partial charge in [-0.2, -0.15) is 0 Å². The molecule has 1 rings (SSSR count). The third-order valence-electron chi connectivity index (χ3n) is 2.94. The van der Waals surface area contributed by atoms with Crippen molar-refractivity contribution in [2.45, 2.75) is 12.3 Å². The fourth-order valence-electron chi connectivity index (χ4n) is 1.93. The van der Waals surface area contributed by atoms with E-state index in [2.05, 4.69) is 0 Å². The van der Waals surface area contributed by atoms with Gasteiger partial charge in [-0.05, 0) is 19.0 Å². The Kier molecular flexibility index (Phi) is 5.74. The average Bonchev–Trinajstić information content (AvgIpc) is 2.43. The SMILES string of the molecule is COc1cc(OC)c(C(CN)CCO)cc1OC. The van der Waals surface area contributed by atoms with Crippen molar-refractivity contribution < 1.29 is 19.3 Å². The van der Waals surface area contributed by atoms with Gasteiger partial charge in [-0.3, -0.25) is 0 Å². The maximum atomic E-state index is 9.07. The zero-order valence-electron chi connectivity index (χ0n) is 11.1. The molecule has 0 radical (unpaired) electrons. The molecule has 0 saturated carbocycles. The van der Waals surface area contributed by atoms with Gasteiger partial charge in [0.1, 0.15) is 5.75 Å². The largest absolute Gasteiger partial charge is 0.496 e. The molecule has 1 aromatic carbocycles. The first kappa shape index (κ1) is 14.6. The van der Waals surface area contributed by atoms with Gasteiger partial charge in [0, 0.05) is 24.2 Å². The topological polar surface area (TPSA) is 73.9 Å². The average molecular weight is 255 g/mol. The summed E-state index contributed by atoms with van der Waals surface area (Å²) in [6.07, 6.45) is 0.586. The summed E-state index contributed by atoms with van der Waals surface area (Å²) < 4.78 is 15.8. The van der Waals surface area contributed by atoms with E-state index in [-0.39, 0.29) is 12.5 Å². The lowest BCUT2D eigenvalue weighted by Gasteiger charge is -2.19. The molecule has 102 valence electrons. The first-order valence-electron chi connectivity index (χ1n) is 5.82. The molecule has 0 saturated heterocycles. The van der Waals surface area contributed by atoms with E-state index in [0.29, 0.717) is 30.2 Å². The summed E-state index contributed by atoms with van der Waals surface area (Å²) in [7, 11) is 4.75. The van der Waals surface area contributed by atoms with E-state index < -0.39 is 0 Å². The maximum Gasteiger partial charge on any atom is 0.164 e. The van der Waals surface area contributed by atoms with Gasteiger partial charge in [0.05, 0.1) is 21.3 Å². The van der Waals surface area contributed by atoms with Crippen molar-refractivity contribution in [3.8, 4) is 17.2 Å². The normalized spacial score (nSPS) is 12.1. The van der Waals surface area contributed by atoms with Gasteiger partial charge in [0.25, 0.3) is 0 Å². The quantitative estimate of drug-likeness (QED) is 0.764. The Morgan fingerprint density at radius 2 is 1.61 bits per heavy atom. The van der Waals surface area contributed by atoms with E-state index in [1.54, 1.807) is 27.4 Å². The highest BCUT2D eigenvalue weighted by Gasteiger charge is 2.18. The Hall–Kier alpha value is -1.46. The molecule has 0 amide bonds. The molecule has 0 aromatic heterocycles. The number of hydrogen-bond donors (Lipinski definition) is 2. The molecule has 0 aliphatic heterocycles. The highest BCUT2D eigenvalue weighted by atomic mass is 16.5. The van der Waals surface area contributed by atoms with Crippen LogP contribution in [0.1, 0.15) is 17.9 Å². The van der Waals surface area contributed by atoms with Gasteiger partial charge in [-0.15, -0.1) is 0 Å². The Labute approximate surface area is 107 Å². The second-order valence-electron chi connectivity index (χ2n) is 3.89. The van der Waals surface area contributed by atoms with Crippen molar-refractivity contribution in [1.29, 1.82) is 0 Å². The second kappa shape index (κ2) is 7.08. The number of methoxy groups -OCH3 is 3. The highest BCUT2D eigenvalue weighted by Crippen LogP contribution is 2.38. The van der Waals surface area contributed by atoms with Crippen LogP contribution in [0.25, 0.3) is 0 Å². The summed E-state index contributed by atoms with van der Waals surface area (Å²) in [5, 5.41) is 9.07. The third-order valence-corrected chi connectivity index (χ3v) is 2.94. The number of ether oxygens (including phenoxy) is 3. The monoisotopic (exact) mass is 255 g/mol. The molecule has 0 heterocycles. The molecular weight excluding hydrogens is 234 g/mol. The first-order valence-corrected chi connectivity index (χ1v) is 5.82. The lowest BCUT2D eigenvalue weighted by Crippen LogP contribution is -2.15. The smallest absolute Gasteiger partial charge is 0.164 e. The molecule has 18 heavy (non-hydrogen) atoms. The minimum Gasteiger partial charge on any atom is -0.496 e. The second-order valence-corrected chi connectivity index (χ2v) is 3.89. The number of aliphatic hydroxyl groups is 1. The van der Waals surface area contributed by atoms with Crippen molar-refractivity contribution in [2.75, 3.05) is 34.5 Å². The Bertz CT molecular complexity index is 381. The zero-order valence-corrected chi connectivity index (χ0v) is 11.1. The summed E-state index contributed by atoms with van der Waals surface area (Å²) in [6, 6.07) is 3.62. The highest BCUT2D eigenvalue weighted by molar-refractivity contribution is 5.52. The standard InChI is InChI=1S/C13H21NO4/c1-16-11-7-13(18-3)12(17-2)6-10(11)9(8-14)4-5-15/h6-7,9,15H,4-5,8,14H2,1-3H3. The van der Waals surface area contributed by atoms with Gasteiger partial charge in [-0.1, -0.05) is 0 Å². The molecule has 5 nitrogen and oxygen atoms in total. The van der Waals surface area contributed by atoms with Crippen LogP contribution in [0.5, 0.6) is 17.2 Å². The van der Waals surface area contributed by atoms with Crippen molar-refractivity contribution >= 4 is 0 Å². The predicted molar refractivity (Wildman–Crippen MR) is 69.6 cm³/mol. The summed E-state index contributed by atoms with van der Waals surface area (Å²) in [5.41, 5.74) is 6.66. The van der Waals surface area contributed by atoms with Crippen LogP contribution in [0, 0.1) is 0 Å². The molecule has 5 heteroatoms. The Morgan fingerprint density at radius 3 is 2.06 bits per heavy atom. The number of hydrogen-bond acceptors (Lipinski definition) is 5. The maximum absolute atomic E-state index is 9.07. The molecule has 3 N–H and O–H groups in total. The van der Waals surface area contributed by atoms with Gasteiger partial charge >= 0.3 is 0 Å². The molecular formula is C13H21NO4. The van der Waals surface area contributed by atoms with E-state index >= 15 is 0 Å². The minimum absolute atomic E-state index is 0.0322. The molecule has 0 bridgehead atoms. The van der Waals surface area contributed by atoms with Crippen LogP contribution in [0.3, 0.4) is 0 Å². The van der Waals surface area contributed by atoms with Crippen molar-refractivity contribution in [2.24, 2.45) is 5.73 Å². The van der Waals surface area contributed by atoms with Crippen LogP contribution in [-0.2, 0) is 0 Å². The van der Waals surface area contributed by atoms with E-state index in [9.17, 15) is 0 Å². The van der Waals surface area contributed by atoms with E-state index in [4.69, 9.17) is 25.1 Å². The summed E-state index contributed by atoms with van der Waals surface area (Å²) in [6.45, 7) is 0.520. The fraction of sp³-hybridized carbons (Fsp3) is 0.538. The van der Waals surface area contributed by atoms with Crippen LogP contribution in [0.2, 0.25) is 0 Å². The number of nitrogens with two attached hydrogens (primary N) is 1. The zero-order chi connectivity index (χ0) is 13.5.